The smallest absolute Gasteiger partial charge is 0.234 e. The Morgan fingerprint density at radius 1 is 0.741 bits per heavy atom. The van der Waals surface area contributed by atoms with Gasteiger partial charge in [0.15, 0.2) is 0 Å². The maximum Gasteiger partial charge on any atom is 0.234 e. The van der Waals surface area contributed by atoms with E-state index < -0.39 is 11.8 Å². The standard InChI is InChI=1S/C23H23NO3/c25-15-7-14-24-22(26)20-18(16-8-3-1-4-9-16)12-13-19(21(20)23(24)27)17-10-5-2-6-11-17/h1-6,8-13,18-21,25H,7,14-15H2/t18-,19+,20-,21-/m0/s1. The van der Waals surface area contributed by atoms with Crippen LogP contribution in [0.4, 0.5) is 0 Å². The van der Waals surface area contributed by atoms with Gasteiger partial charge in [0.25, 0.3) is 0 Å². The molecule has 0 bridgehead atoms. The molecule has 4 rings (SSSR count). The van der Waals surface area contributed by atoms with E-state index in [2.05, 4.69) is 12.2 Å². The largest absolute Gasteiger partial charge is 0.396 e. The summed E-state index contributed by atoms with van der Waals surface area (Å²) in [5.41, 5.74) is 2.11. The van der Waals surface area contributed by atoms with E-state index in [1.807, 2.05) is 60.7 Å². The van der Waals surface area contributed by atoms with Crippen LogP contribution in [0.25, 0.3) is 0 Å². The predicted molar refractivity (Wildman–Crippen MR) is 103 cm³/mol. The quantitative estimate of drug-likeness (QED) is 0.658. The first kappa shape index (κ1) is 17.7. The summed E-state index contributed by atoms with van der Waals surface area (Å²) < 4.78 is 0. The summed E-state index contributed by atoms with van der Waals surface area (Å²) in [6, 6.07) is 19.8. The van der Waals surface area contributed by atoms with Crippen LogP contribution in [-0.2, 0) is 9.59 Å². The van der Waals surface area contributed by atoms with E-state index in [4.69, 9.17) is 5.11 Å². The number of aliphatic hydroxyl groups excluding tert-OH is 1. The molecule has 1 heterocycles. The van der Waals surface area contributed by atoms with Crippen molar-refractivity contribution < 1.29 is 14.7 Å². The van der Waals surface area contributed by atoms with E-state index in [0.717, 1.165) is 11.1 Å². The molecule has 27 heavy (non-hydrogen) atoms. The monoisotopic (exact) mass is 361 g/mol. The van der Waals surface area contributed by atoms with Crippen molar-refractivity contribution in [2.75, 3.05) is 13.2 Å². The zero-order valence-corrected chi connectivity index (χ0v) is 15.1. The van der Waals surface area contributed by atoms with Gasteiger partial charge < -0.3 is 5.11 Å². The Balaban J connectivity index is 1.77. The lowest BCUT2D eigenvalue weighted by atomic mass is 9.68. The number of hydrogen-bond acceptors (Lipinski definition) is 3. The molecule has 2 aliphatic rings. The first-order valence-corrected chi connectivity index (χ1v) is 9.46. The number of aliphatic hydroxyl groups is 1. The van der Waals surface area contributed by atoms with E-state index in [1.54, 1.807) is 0 Å². The van der Waals surface area contributed by atoms with Gasteiger partial charge in [0, 0.05) is 25.0 Å². The fraction of sp³-hybridized carbons (Fsp3) is 0.304. The minimum Gasteiger partial charge on any atom is -0.396 e. The van der Waals surface area contributed by atoms with Crippen LogP contribution in [0.5, 0.6) is 0 Å². The molecule has 4 nitrogen and oxygen atoms in total. The molecule has 1 fully saturated rings. The molecule has 1 aliphatic carbocycles. The zero-order valence-electron chi connectivity index (χ0n) is 15.1. The summed E-state index contributed by atoms with van der Waals surface area (Å²) in [7, 11) is 0. The van der Waals surface area contributed by atoms with Gasteiger partial charge in [0.1, 0.15) is 0 Å². The lowest BCUT2D eigenvalue weighted by Crippen LogP contribution is -2.33. The lowest BCUT2D eigenvalue weighted by Gasteiger charge is -2.32. The molecule has 1 saturated heterocycles. The van der Waals surface area contributed by atoms with Gasteiger partial charge >= 0.3 is 0 Å². The fourth-order valence-corrected chi connectivity index (χ4v) is 4.45. The number of imide groups is 1. The molecule has 0 spiro atoms. The second-order valence-electron chi connectivity index (χ2n) is 7.21. The van der Waals surface area contributed by atoms with Gasteiger partial charge in [-0.05, 0) is 17.5 Å². The van der Waals surface area contributed by atoms with Crippen molar-refractivity contribution in [2.45, 2.75) is 18.3 Å². The average Bonchev–Trinajstić information content (AvgIpc) is 2.98. The normalized spacial score (nSPS) is 27.1. The number of carbonyl (C=O) groups is 2. The van der Waals surface area contributed by atoms with E-state index in [0.29, 0.717) is 6.42 Å². The van der Waals surface area contributed by atoms with Gasteiger partial charge in [-0.15, -0.1) is 0 Å². The molecule has 0 saturated carbocycles. The molecule has 138 valence electrons. The van der Waals surface area contributed by atoms with E-state index >= 15 is 0 Å². The van der Waals surface area contributed by atoms with Gasteiger partial charge in [-0.3, -0.25) is 14.5 Å². The topological polar surface area (TPSA) is 57.6 Å². The Kier molecular flexibility index (Phi) is 4.90. The van der Waals surface area contributed by atoms with Crippen LogP contribution in [0.1, 0.15) is 29.4 Å². The molecule has 2 aromatic carbocycles. The van der Waals surface area contributed by atoms with Gasteiger partial charge in [-0.2, -0.15) is 0 Å². The number of carbonyl (C=O) groups excluding carboxylic acids is 2. The van der Waals surface area contributed by atoms with Crippen molar-refractivity contribution in [1.29, 1.82) is 0 Å². The van der Waals surface area contributed by atoms with Gasteiger partial charge in [-0.1, -0.05) is 72.8 Å². The highest BCUT2D eigenvalue weighted by molar-refractivity contribution is 6.06. The molecule has 4 heteroatoms. The zero-order chi connectivity index (χ0) is 18.8. The Labute approximate surface area is 159 Å². The third-order valence-corrected chi connectivity index (χ3v) is 5.70. The molecule has 0 unspecified atom stereocenters. The van der Waals surface area contributed by atoms with Crippen LogP contribution >= 0.6 is 0 Å². The van der Waals surface area contributed by atoms with Crippen LogP contribution in [0, 0.1) is 11.8 Å². The third kappa shape index (κ3) is 3.10. The van der Waals surface area contributed by atoms with Gasteiger partial charge in [-0.25, -0.2) is 0 Å². The van der Waals surface area contributed by atoms with Gasteiger partial charge in [0.05, 0.1) is 11.8 Å². The lowest BCUT2D eigenvalue weighted by molar-refractivity contribution is -0.140. The number of rotatable bonds is 5. The van der Waals surface area contributed by atoms with Crippen molar-refractivity contribution in [3.8, 4) is 0 Å². The summed E-state index contributed by atoms with van der Waals surface area (Å²) >= 11 is 0. The Hall–Kier alpha value is -2.72. The van der Waals surface area contributed by atoms with Crippen LogP contribution in [0.15, 0.2) is 72.8 Å². The second kappa shape index (κ2) is 7.49. The summed E-state index contributed by atoms with van der Waals surface area (Å²) in [6.45, 7) is 0.249. The second-order valence-corrected chi connectivity index (χ2v) is 7.21. The molecule has 2 aromatic rings. The molecular formula is C23H23NO3. The van der Waals surface area contributed by atoms with E-state index in [9.17, 15) is 9.59 Å². The highest BCUT2D eigenvalue weighted by Gasteiger charge is 2.54. The number of amides is 2. The van der Waals surface area contributed by atoms with Crippen LogP contribution in [0.2, 0.25) is 0 Å². The number of allylic oxidation sites excluding steroid dienone is 2. The average molecular weight is 361 g/mol. The Morgan fingerprint density at radius 2 is 1.19 bits per heavy atom. The number of hydrogen-bond donors (Lipinski definition) is 1. The van der Waals surface area contributed by atoms with Crippen LogP contribution in [-0.4, -0.2) is 35.0 Å². The number of likely N-dealkylation sites (tertiary alicyclic amines) is 1. The van der Waals surface area contributed by atoms with Crippen molar-refractivity contribution in [3.63, 3.8) is 0 Å². The highest BCUT2D eigenvalue weighted by atomic mass is 16.3. The van der Waals surface area contributed by atoms with Crippen LogP contribution < -0.4 is 0 Å². The first-order valence-electron chi connectivity index (χ1n) is 9.46. The van der Waals surface area contributed by atoms with Crippen molar-refractivity contribution >= 4 is 11.8 Å². The number of benzene rings is 2. The molecular weight excluding hydrogens is 338 g/mol. The van der Waals surface area contributed by atoms with Crippen molar-refractivity contribution in [1.82, 2.24) is 4.90 Å². The number of fused-ring (bicyclic) bond motifs is 1. The molecule has 4 atom stereocenters. The Bertz CT molecular complexity index is 779. The minimum absolute atomic E-state index is 0.0329. The molecule has 0 aromatic heterocycles. The van der Waals surface area contributed by atoms with Crippen molar-refractivity contribution in [2.24, 2.45) is 11.8 Å². The number of nitrogens with zero attached hydrogens (tertiary/aromatic N) is 1. The SMILES string of the molecule is O=C1[C@@H]2[C@@H](C(=O)N1CCCO)[C@H](c1ccccc1)C=C[C@@H]2c1ccccc1. The summed E-state index contributed by atoms with van der Waals surface area (Å²) in [5, 5.41) is 9.16. The molecule has 0 radical (unpaired) electrons. The maximum atomic E-state index is 13.2. The molecule has 1 aliphatic heterocycles. The maximum absolute atomic E-state index is 13.2. The fourth-order valence-electron chi connectivity index (χ4n) is 4.45. The predicted octanol–water partition coefficient (Wildman–Crippen LogP) is 3.11. The van der Waals surface area contributed by atoms with Crippen molar-refractivity contribution in [3.05, 3.63) is 83.9 Å². The minimum atomic E-state index is -0.395. The summed E-state index contributed by atoms with van der Waals surface area (Å²) in [5.74, 6) is -1.23. The van der Waals surface area contributed by atoms with E-state index in [1.165, 1.54) is 4.90 Å². The van der Waals surface area contributed by atoms with Gasteiger partial charge in [0.2, 0.25) is 11.8 Å². The Morgan fingerprint density at radius 3 is 1.59 bits per heavy atom. The highest BCUT2D eigenvalue weighted by Crippen LogP contribution is 2.49. The summed E-state index contributed by atoms with van der Waals surface area (Å²) in [4.78, 5) is 27.8. The van der Waals surface area contributed by atoms with Crippen LogP contribution in [0.3, 0.4) is 0 Å². The van der Waals surface area contributed by atoms with E-state index in [-0.39, 0.29) is 36.8 Å². The third-order valence-electron chi connectivity index (χ3n) is 5.70. The first-order chi connectivity index (χ1) is 13.2. The summed E-state index contributed by atoms with van der Waals surface area (Å²) in [6.07, 6.45) is 4.60. The molecule has 1 N–H and O–H groups in total. The molecule has 2 amide bonds.